The molecule has 2 heterocycles. The highest BCUT2D eigenvalue weighted by Gasteiger charge is 2.33. The van der Waals surface area contributed by atoms with Gasteiger partial charge in [-0.1, -0.05) is 0 Å². The molecule has 2 aliphatic rings. The first-order chi connectivity index (χ1) is 8.70. The van der Waals surface area contributed by atoms with E-state index in [1.54, 1.807) is 0 Å². The molecule has 0 spiro atoms. The number of aliphatic carboxylic acids is 1. The summed E-state index contributed by atoms with van der Waals surface area (Å²) in [7, 11) is 0. The third-order valence-electron chi connectivity index (χ3n) is 4.28. The average molecular weight is 256 g/mol. The number of piperidine rings is 2. The fourth-order valence-corrected chi connectivity index (χ4v) is 3.39. The van der Waals surface area contributed by atoms with Crippen molar-refractivity contribution in [2.45, 2.75) is 31.7 Å². The van der Waals surface area contributed by atoms with E-state index in [1.165, 1.54) is 0 Å². The Morgan fingerprint density at radius 2 is 2.22 bits per heavy atom. The lowest BCUT2D eigenvalue weighted by molar-refractivity contribution is -0.138. The highest BCUT2D eigenvalue weighted by atomic mass is 16.4. The molecule has 0 aromatic carbocycles. The second-order valence-corrected chi connectivity index (χ2v) is 5.60. The van der Waals surface area contributed by atoms with Crippen LogP contribution in [0.5, 0.6) is 0 Å². The van der Waals surface area contributed by atoms with Gasteiger partial charge in [-0.3, -0.25) is 9.69 Å². The lowest BCUT2D eigenvalue weighted by Gasteiger charge is -2.43. The van der Waals surface area contributed by atoms with Gasteiger partial charge in [-0.05, 0) is 38.3 Å². The smallest absolute Gasteiger partial charge is 0.303 e. The van der Waals surface area contributed by atoms with E-state index < -0.39 is 5.97 Å². The second kappa shape index (κ2) is 6.50. The molecule has 2 aliphatic heterocycles. The Morgan fingerprint density at radius 1 is 1.39 bits per heavy atom. The first-order valence-corrected chi connectivity index (χ1v) is 6.98. The van der Waals surface area contributed by atoms with Crippen molar-refractivity contribution in [1.29, 1.82) is 0 Å². The number of nitrogens with zero attached hydrogens (tertiary/aromatic N) is 1. The number of carbonyl (C=O) groups is 1. The van der Waals surface area contributed by atoms with Crippen LogP contribution in [0, 0.1) is 11.8 Å². The van der Waals surface area contributed by atoms with Crippen molar-refractivity contribution in [3.8, 4) is 0 Å². The van der Waals surface area contributed by atoms with Crippen molar-refractivity contribution >= 4 is 5.97 Å². The second-order valence-electron chi connectivity index (χ2n) is 5.60. The van der Waals surface area contributed by atoms with Crippen LogP contribution in [0.4, 0.5) is 0 Å². The topological polar surface area (TPSA) is 72.8 Å². The maximum absolute atomic E-state index is 10.8. The summed E-state index contributed by atoms with van der Waals surface area (Å²) in [5.74, 6) is -0.112. The van der Waals surface area contributed by atoms with Crippen molar-refractivity contribution in [2.75, 3.05) is 32.8 Å². The van der Waals surface area contributed by atoms with Gasteiger partial charge in [0.2, 0.25) is 0 Å². The van der Waals surface area contributed by atoms with E-state index in [1.807, 2.05) is 0 Å². The number of carboxylic acid groups (broad SMARTS) is 1. The van der Waals surface area contributed by atoms with Gasteiger partial charge < -0.3 is 15.5 Å². The summed E-state index contributed by atoms with van der Waals surface area (Å²) in [6.07, 6.45) is 3.45. The van der Waals surface area contributed by atoms with Crippen LogP contribution in [0.15, 0.2) is 0 Å². The predicted molar refractivity (Wildman–Crippen MR) is 68.4 cm³/mol. The Bertz CT molecular complexity index is 285. The minimum absolute atomic E-state index is 0.220. The van der Waals surface area contributed by atoms with Crippen molar-refractivity contribution in [1.82, 2.24) is 10.2 Å². The molecule has 3 atom stereocenters. The molecule has 0 aromatic heterocycles. The lowest BCUT2D eigenvalue weighted by Crippen LogP contribution is -2.53. The monoisotopic (exact) mass is 256 g/mol. The Kier molecular flexibility index (Phi) is 4.97. The standard InChI is InChI=1S/C13H24N2O3/c16-9-11-7-14-4-3-12(11)15-5-1-2-10(8-15)6-13(17)18/h10-12,14,16H,1-9H2,(H,17,18)/t10-,11?,12?/m0/s1. The molecule has 0 saturated carbocycles. The molecule has 5 nitrogen and oxygen atoms in total. The van der Waals surface area contributed by atoms with Gasteiger partial charge in [-0.25, -0.2) is 0 Å². The Morgan fingerprint density at radius 3 is 2.94 bits per heavy atom. The largest absolute Gasteiger partial charge is 0.481 e. The molecule has 0 bridgehead atoms. The number of rotatable bonds is 4. The molecule has 3 N–H and O–H groups in total. The van der Waals surface area contributed by atoms with Gasteiger partial charge in [0.25, 0.3) is 0 Å². The highest BCUT2D eigenvalue weighted by molar-refractivity contribution is 5.67. The van der Waals surface area contributed by atoms with Gasteiger partial charge in [0.05, 0.1) is 0 Å². The summed E-state index contributed by atoms with van der Waals surface area (Å²) in [4.78, 5) is 13.2. The quantitative estimate of drug-likeness (QED) is 0.667. The van der Waals surface area contributed by atoms with E-state index in [9.17, 15) is 9.90 Å². The van der Waals surface area contributed by atoms with Crippen molar-refractivity contribution in [3.63, 3.8) is 0 Å². The number of carboxylic acids is 1. The van der Waals surface area contributed by atoms with Crippen LogP contribution in [-0.2, 0) is 4.79 Å². The average Bonchev–Trinajstić information content (AvgIpc) is 2.38. The summed E-state index contributed by atoms with van der Waals surface area (Å²) < 4.78 is 0. The minimum Gasteiger partial charge on any atom is -0.481 e. The van der Waals surface area contributed by atoms with E-state index in [0.717, 1.165) is 45.4 Å². The summed E-state index contributed by atoms with van der Waals surface area (Å²) in [6, 6.07) is 0.424. The van der Waals surface area contributed by atoms with E-state index in [-0.39, 0.29) is 18.9 Å². The van der Waals surface area contributed by atoms with Gasteiger partial charge in [0.15, 0.2) is 0 Å². The van der Waals surface area contributed by atoms with Crippen molar-refractivity contribution < 1.29 is 15.0 Å². The molecule has 2 unspecified atom stereocenters. The van der Waals surface area contributed by atoms with E-state index >= 15 is 0 Å². The first kappa shape index (κ1) is 13.8. The minimum atomic E-state index is -0.689. The molecule has 0 aromatic rings. The molecule has 2 saturated heterocycles. The Labute approximate surface area is 108 Å². The molecule has 0 amide bonds. The SMILES string of the molecule is O=C(O)C[C@@H]1CCCN(C2CCNCC2CO)C1. The summed E-state index contributed by atoms with van der Waals surface area (Å²) >= 11 is 0. The van der Waals surface area contributed by atoms with Crippen LogP contribution in [-0.4, -0.2) is 59.9 Å². The first-order valence-electron chi connectivity index (χ1n) is 6.98. The zero-order valence-corrected chi connectivity index (χ0v) is 10.8. The van der Waals surface area contributed by atoms with Crippen LogP contribution in [0.1, 0.15) is 25.7 Å². The normalized spacial score (nSPS) is 34.4. The molecule has 5 heteroatoms. The molecular formula is C13H24N2O3. The van der Waals surface area contributed by atoms with Crippen LogP contribution < -0.4 is 5.32 Å². The van der Waals surface area contributed by atoms with Crippen molar-refractivity contribution in [2.24, 2.45) is 11.8 Å². The summed E-state index contributed by atoms with van der Waals surface area (Å²) in [5, 5.41) is 21.7. The van der Waals surface area contributed by atoms with E-state index in [4.69, 9.17) is 5.11 Å². The number of likely N-dealkylation sites (tertiary alicyclic amines) is 1. The molecule has 0 aliphatic carbocycles. The lowest BCUT2D eigenvalue weighted by atomic mass is 9.88. The summed E-state index contributed by atoms with van der Waals surface area (Å²) in [6.45, 7) is 4.03. The predicted octanol–water partition coefficient (Wildman–Crippen LogP) is 0.144. The van der Waals surface area contributed by atoms with Gasteiger partial charge in [0.1, 0.15) is 0 Å². The van der Waals surface area contributed by atoms with Gasteiger partial charge in [0, 0.05) is 38.1 Å². The highest BCUT2D eigenvalue weighted by Crippen LogP contribution is 2.26. The van der Waals surface area contributed by atoms with Crippen LogP contribution in [0.2, 0.25) is 0 Å². The van der Waals surface area contributed by atoms with Gasteiger partial charge in [-0.15, -0.1) is 0 Å². The fourth-order valence-electron chi connectivity index (χ4n) is 3.39. The number of aliphatic hydroxyl groups is 1. The third kappa shape index (κ3) is 3.43. The Balaban J connectivity index is 1.92. The zero-order chi connectivity index (χ0) is 13.0. The third-order valence-corrected chi connectivity index (χ3v) is 4.28. The zero-order valence-electron chi connectivity index (χ0n) is 10.8. The van der Waals surface area contributed by atoms with Crippen LogP contribution in [0.25, 0.3) is 0 Å². The Hall–Kier alpha value is -0.650. The number of nitrogens with one attached hydrogen (secondary N) is 1. The number of aliphatic hydroxyl groups excluding tert-OH is 1. The maximum Gasteiger partial charge on any atom is 0.303 e. The molecule has 2 fully saturated rings. The number of hydrogen-bond acceptors (Lipinski definition) is 4. The molecule has 0 radical (unpaired) electrons. The maximum atomic E-state index is 10.8. The molecule has 2 rings (SSSR count). The van der Waals surface area contributed by atoms with E-state index in [0.29, 0.717) is 12.0 Å². The summed E-state index contributed by atoms with van der Waals surface area (Å²) in [5.41, 5.74) is 0. The van der Waals surface area contributed by atoms with Crippen LogP contribution in [0.3, 0.4) is 0 Å². The van der Waals surface area contributed by atoms with Gasteiger partial charge >= 0.3 is 5.97 Å². The molecule has 18 heavy (non-hydrogen) atoms. The number of hydrogen-bond donors (Lipinski definition) is 3. The van der Waals surface area contributed by atoms with Crippen molar-refractivity contribution in [3.05, 3.63) is 0 Å². The van der Waals surface area contributed by atoms with Crippen LogP contribution >= 0.6 is 0 Å². The molecule has 104 valence electrons. The molecular weight excluding hydrogens is 232 g/mol. The fraction of sp³-hybridized carbons (Fsp3) is 0.923. The van der Waals surface area contributed by atoms with Gasteiger partial charge in [-0.2, -0.15) is 0 Å². The van der Waals surface area contributed by atoms with E-state index in [2.05, 4.69) is 10.2 Å².